The SMILES string of the molecule is C=CCOCC(C#N)COCC1CO1. The van der Waals surface area contributed by atoms with Crippen molar-refractivity contribution in [2.45, 2.75) is 6.10 Å². The van der Waals surface area contributed by atoms with Gasteiger partial charge in [0.15, 0.2) is 0 Å². The molecule has 0 bridgehead atoms. The first kappa shape index (κ1) is 11.2. The van der Waals surface area contributed by atoms with E-state index in [0.717, 1.165) is 6.61 Å². The van der Waals surface area contributed by atoms with Gasteiger partial charge in [0.05, 0.1) is 45.0 Å². The summed E-state index contributed by atoms with van der Waals surface area (Å²) in [6.45, 7) is 6.17. The molecule has 1 rings (SSSR count). The summed E-state index contributed by atoms with van der Waals surface area (Å²) in [5, 5.41) is 8.74. The van der Waals surface area contributed by atoms with Crippen molar-refractivity contribution in [2.24, 2.45) is 5.92 Å². The van der Waals surface area contributed by atoms with Crippen LogP contribution >= 0.6 is 0 Å². The molecular formula is C10H15NO3. The molecule has 0 aromatic carbocycles. The van der Waals surface area contributed by atoms with E-state index in [1.54, 1.807) is 6.08 Å². The maximum absolute atomic E-state index is 8.74. The van der Waals surface area contributed by atoms with Crippen LogP contribution in [0, 0.1) is 17.2 Å². The van der Waals surface area contributed by atoms with Crippen molar-refractivity contribution < 1.29 is 14.2 Å². The summed E-state index contributed by atoms with van der Waals surface area (Å²) in [6, 6.07) is 2.13. The maximum atomic E-state index is 8.74. The minimum Gasteiger partial charge on any atom is -0.377 e. The number of nitriles is 1. The largest absolute Gasteiger partial charge is 0.377 e. The fourth-order valence-corrected chi connectivity index (χ4v) is 0.922. The summed E-state index contributed by atoms with van der Waals surface area (Å²) in [4.78, 5) is 0. The average molecular weight is 197 g/mol. The number of hydrogen-bond donors (Lipinski definition) is 0. The van der Waals surface area contributed by atoms with Crippen LogP contribution in [-0.2, 0) is 14.2 Å². The Morgan fingerprint density at radius 3 is 2.86 bits per heavy atom. The van der Waals surface area contributed by atoms with E-state index in [0.29, 0.717) is 26.4 Å². The lowest BCUT2D eigenvalue weighted by molar-refractivity contribution is 0.0604. The Balaban J connectivity index is 1.98. The van der Waals surface area contributed by atoms with E-state index in [-0.39, 0.29) is 12.0 Å². The highest BCUT2D eigenvalue weighted by Crippen LogP contribution is 2.09. The molecule has 0 amide bonds. The van der Waals surface area contributed by atoms with E-state index >= 15 is 0 Å². The minimum absolute atomic E-state index is 0.200. The number of ether oxygens (including phenoxy) is 3. The summed E-state index contributed by atoms with van der Waals surface area (Å²) in [6.07, 6.45) is 1.91. The molecule has 1 aliphatic heterocycles. The zero-order valence-corrected chi connectivity index (χ0v) is 8.15. The van der Waals surface area contributed by atoms with Crippen LogP contribution in [0.3, 0.4) is 0 Å². The van der Waals surface area contributed by atoms with Crippen LogP contribution in [0.25, 0.3) is 0 Å². The monoisotopic (exact) mass is 197 g/mol. The summed E-state index contributed by atoms with van der Waals surface area (Å²) < 4.78 is 15.4. The fraction of sp³-hybridized carbons (Fsp3) is 0.700. The van der Waals surface area contributed by atoms with Gasteiger partial charge in [0, 0.05) is 0 Å². The highest BCUT2D eigenvalue weighted by atomic mass is 16.6. The first-order valence-corrected chi connectivity index (χ1v) is 4.64. The van der Waals surface area contributed by atoms with Crippen LogP contribution in [0.4, 0.5) is 0 Å². The average Bonchev–Trinajstić information content (AvgIpc) is 2.99. The first-order valence-electron chi connectivity index (χ1n) is 4.64. The molecule has 2 unspecified atom stereocenters. The van der Waals surface area contributed by atoms with Gasteiger partial charge in [0.25, 0.3) is 0 Å². The van der Waals surface area contributed by atoms with E-state index in [2.05, 4.69) is 12.6 Å². The van der Waals surface area contributed by atoms with Gasteiger partial charge in [-0.05, 0) is 0 Å². The number of nitrogens with zero attached hydrogens (tertiary/aromatic N) is 1. The van der Waals surface area contributed by atoms with Crippen molar-refractivity contribution in [3.63, 3.8) is 0 Å². The third-order valence-corrected chi connectivity index (χ3v) is 1.76. The second-order valence-electron chi connectivity index (χ2n) is 3.14. The fourth-order valence-electron chi connectivity index (χ4n) is 0.922. The molecule has 0 aromatic heterocycles. The van der Waals surface area contributed by atoms with E-state index in [1.807, 2.05) is 0 Å². The van der Waals surface area contributed by atoms with Crippen LogP contribution < -0.4 is 0 Å². The summed E-state index contributed by atoms with van der Waals surface area (Å²) >= 11 is 0. The molecule has 0 spiro atoms. The van der Waals surface area contributed by atoms with Crippen molar-refractivity contribution in [3.8, 4) is 6.07 Å². The molecule has 4 heteroatoms. The Morgan fingerprint density at radius 2 is 2.29 bits per heavy atom. The summed E-state index contributed by atoms with van der Waals surface area (Å²) in [7, 11) is 0. The van der Waals surface area contributed by atoms with Gasteiger partial charge in [0.1, 0.15) is 6.10 Å². The Labute approximate surface area is 84.1 Å². The molecule has 0 N–H and O–H groups in total. The Bertz CT molecular complexity index is 208. The van der Waals surface area contributed by atoms with Crippen LogP contribution in [0.1, 0.15) is 0 Å². The van der Waals surface area contributed by atoms with Gasteiger partial charge in [0.2, 0.25) is 0 Å². The molecule has 1 aliphatic rings. The molecule has 0 saturated carbocycles. The third-order valence-electron chi connectivity index (χ3n) is 1.76. The number of hydrogen-bond acceptors (Lipinski definition) is 4. The molecule has 1 heterocycles. The topological polar surface area (TPSA) is 54.8 Å². The van der Waals surface area contributed by atoms with Gasteiger partial charge >= 0.3 is 0 Å². The van der Waals surface area contributed by atoms with Crippen LogP contribution in [0.15, 0.2) is 12.7 Å². The van der Waals surface area contributed by atoms with Crippen molar-refractivity contribution in [1.29, 1.82) is 5.26 Å². The van der Waals surface area contributed by atoms with Gasteiger partial charge in [-0.2, -0.15) is 5.26 Å². The second-order valence-corrected chi connectivity index (χ2v) is 3.14. The normalized spacial score (nSPS) is 21.2. The minimum atomic E-state index is -0.200. The van der Waals surface area contributed by atoms with Gasteiger partial charge in [-0.25, -0.2) is 0 Å². The van der Waals surface area contributed by atoms with Crippen molar-refractivity contribution in [1.82, 2.24) is 0 Å². The van der Waals surface area contributed by atoms with E-state index in [9.17, 15) is 0 Å². The zero-order chi connectivity index (χ0) is 10.2. The molecule has 2 atom stereocenters. The Kier molecular flexibility index (Phi) is 5.23. The van der Waals surface area contributed by atoms with Gasteiger partial charge in [-0.1, -0.05) is 6.08 Å². The molecule has 14 heavy (non-hydrogen) atoms. The zero-order valence-electron chi connectivity index (χ0n) is 8.15. The van der Waals surface area contributed by atoms with E-state index in [4.69, 9.17) is 19.5 Å². The second kappa shape index (κ2) is 6.55. The Morgan fingerprint density at radius 1 is 1.57 bits per heavy atom. The molecule has 1 saturated heterocycles. The van der Waals surface area contributed by atoms with Crippen LogP contribution in [0.5, 0.6) is 0 Å². The molecule has 1 fully saturated rings. The van der Waals surface area contributed by atoms with E-state index < -0.39 is 0 Å². The highest BCUT2D eigenvalue weighted by Gasteiger charge is 2.22. The predicted octanol–water partition coefficient (Wildman–Crippen LogP) is 0.744. The van der Waals surface area contributed by atoms with Gasteiger partial charge in [-0.3, -0.25) is 0 Å². The smallest absolute Gasteiger partial charge is 0.104 e. The van der Waals surface area contributed by atoms with Gasteiger partial charge < -0.3 is 14.2 Å². The van der Waals surface area contributed by atoms with Crippen molar-refractivity contribution in [3.05, 3.63) is 12.7 Å². The third kappa shape index (κ3) is 4.97. The standard InChI is InChI=1S/C10H15NO3/c1-2-3-12-5-9(4-11)6-13-7-10-8-14-10/h2,9-10H,1,3,5-8H2. The van der Waals surface area contributed by atoms with Crippen LogP contribution in [0.2, 0.25) is 0 Å². The summed E-state index contributed by atoms with van der Waals surface area (Å²) in [5.74, 6) is -0.200. The molecular weight excluding hydrogens is 182 g/mol. The predicted molar refractivity (Wildman–Crippen MR) is 50.7 cm³/mol. The molecule has 78 valence electrons. The quantitative estimate of drug-likeness (QED) is 0.327. The lowest BCUT2D eigenvalue weighted by atomic mass is 10.2. The van der Waals surface area contributed by atoms with E-state index in [1.165, 1.54) is 0 Å². The number of rotatable bonds is 8. The molecule has 0 radical (unpaired) electrons. The van der Waals surface area contributed by atoms with Crippen molar-refractivity contribution >= 4 is 0 Å². The summed E-state index contributed by atoms with van der Waals surface area (Å²) in [5.41, 5.74) is 0. The Hall–Kier alpha value is -0.890. The number of epoxide rings is 1. The first-order chi connectivity index (χ1) is 6.86. The lowest BCUT2D eigenvalue weighted by Crippen LogP contribution is -2.16. The van der Waals surface area contributed by atoms with Crippen LogP contribution in [-0.4, -0.2) is 39.1 Å². The maximum Gasteiger partial charge on any atom is 0.104 e. The van der Waals surface area contributed by atoms with Gasteiger partial charge in [-0.15, -0.1) is 6.58 Å². The molecule has 0 aliphatic carbocycles. The highest BCUT2D eigenvalue weighted by molar-refractivity contribution is 4.83. The lowest BCUT2D eigenvalue weighted by Gasteiger charge is -2.08. The van der Waals surface area contributed by atoms with Crippen molar-refractivity contribution in [2.75, 3.05) is 33.0 Å². The molecule has 4 nitrogen and oxygen atoms in total. The molecule has 0 aromatic rings.